The highest BCUT2D eigenvalue weighted by molar-refractivity contribution is 7.89. The van der Waals surface area contributed by atoms with Crippen molar-refractivity contribution in [3.05, 3.63) is 30.6 Å². The summed E-state index contributed by atoms with van der Waals surface area (Å²) in [6.45, 7) is 3.46. The first-order valence-corrected chi connectivity index (χ1v) is 7.87. The number of piperidine rings is 1. The molecule has 4 rings (SSSR count). The second kappa shape index (κ2) is 3.37. The normalized spacial score (nSPS) is 30.7. The molecule has 2 unspecified atom stereocenters. The zero-order valence-corrected chi connectivity index (χ0v) is 11.5. The van der Waals surface area contributed by atoms with Crippen LogP contribution in [0.4, 0.5) is 0 Å². The van der Waals surface area contributed by atoms with Crippen molar-refractivity contribution in [2.24, 2.45) is 11.3 Å². The SMILES string of the molecule is CC12CC1CN(S(=O)(=O)c1cnc3ccccn13)C2. The van der Waals surface area contributed by atoms with Gasteiger partial charge < -0.3 is 0 Å². The van der Waals surface area contributed by atoms with E-state index in [9.17, 15) is 8.42 Å². The van der Waals surface area contributed by atoms with E-state index >= 15 is 0 Å². The minimum Gasteiger partial charge on any atom is -0.289 e. The molecule has 0 N–H and O–H groups in total. The van der Waals surface area contributed by atoms with Crippen molar-refractivity contribution in [1.82, 2.24) is 13.7 Å². The fourth-order valence-corrected chi connectivity index (χ4v) is 4.81. The molecule has 19 heavy (non-hydrogen) atoms. The van der Waals surface area contributed by atoms with Crippen molar-refractivity contribution in [2.45, 2.75) is 18.4 Å². The molecule has 1 aliphatic carbocycles. The Labute approximate surface area is 111 Å². The number of hydrogen-bond acceptors (Lipinski definition) is 3. The Morgan fingerprint density at radius 2 is 2.26 bits per heavy atom. The van der Waals surface area contributed by atoms with Crippen LogP contribution in [0.2, 0.25) is 0 Å². The Bertz CT molecular complexity index is 767. The third-order valence-corrected chi connectivity index (χ3v) is 6.28. The zero-order chi connectivity index (χ0) is 13.3. The van der Waals surface area contributed by atoms with E-state index in [-0.39, 0.29) is 10.4 Å². The lowest BCUT2D eigenvalue weighted by Gasteiger charge is -2.18. The highest BCUT2D eigenvalue weighted by Gasteiger charge is 2.58. The topological polar surface area (TPSA) is 54.7 Å². The predicted molar refractivity (Wildman–Crippen MR) is 70.2 cm³/mol. The molecule has 1 saturated heterocycles. The molecule has 2 aromatic rings. The van der Waals surface area contributed by atoms with Crippen LogP contribution in [-0.2, 0) is 10.0 Å². The van der Waals surface area contributed by atoms with Gasteiger partial charge in [-0.15, -0.1) is 0 Å². The average molecular weight is 277 g/mol. The summed E-state index contributed by atoms with van der Waals surface area (Å²) in [7, 11) is -3.43. The predicted octanol–water partition coefficient (Wildman–Crippen LogP) is 1.36. The van der Waals surface area contributed by atoms with E-state index in [0.29, 0.717) is 24.7 Å². The van der Waals surface area contributed by atoms with Crippen LogP contribution in [0.25, 0.3) is 5.65 Å². The van der Waals surface area contributed by atoms with E-state index in [1.807, 2.05) is 18.2 Å². The fraction of sp³-hybridized carbons (Fsp3) is 0.462. The van der Waals surface area contributed by atoms with Gasteiger partial charge in [-0.05, 0) is 29.9 Å². The number of sulfonamides is 1. The van der Waals surface area contributed by atoms with Gasteiger partial charge in [0.05, 0.1) is 6.20 Å². The molecule has 5 nitrogen and oxygen atoms in total. The molecule has 0 spiro atoms. The molecule has 2 fully saturated rings. The van der Waals surface area contributed by atoms with Crippen molar-refractivity contribution in [1.29, 1.82) is 0 Å². The molecule has 6 heteroatoms. The molecule has 0 bridgehead atoms. The Hall–Kier alpha value is -1.40. The van der Waals surface area contributed by atoms with Gasteiger partial charge in [0, 0.05) is 19.3 Å². The lowest BCUT2D eigenvalue weighted by Crippen LogP contribution is -2.32. The summed E-state index contributed by atoms with van der Waals surface area (Å²) in [6.07, 6.45) is 4.36. The molecule has 3 heterocycles. The van der Waals surface area contributed by atoms with E-state index < -0.39 is 10.0 Å². The lowest BCUT2D eigenvalue weighted by molar-refractivity contribution is 0.412. The molecular weight excluding hydrogens is 262 g/mol. The van der Waals surface area contributed by atoms with Crippen LogP contribution in [0.1, 0.15) is 13.3 Å². The van der Waals surface area contributed by atoms with Gasteiger partial charge >= 0.3 is 0 Å². The van der Waals surface area contributed by atoms with E-state index in [0.717, 1.165) is 6.42 Å². The van der Waals surface area contributed by atoms with Crippen LogP contribution in [0, 0.1) is 11.3 Å². The van der Waals surface area contributed by atoms with Crippen LogP contribution in [0.15, 0.2) is 35.6 Å². The molecular formula is C13H15N3O2S. The summed E-state index contributed by atoms with van der Waals surface area (Å²) in [5, 5.41) is 0.271. The smallest absolute Gasteiger partial charge is 0.260 e. The maximum absolute atomic E-state index is 12.7. The van der Waals surface area contributed by atoms with Crippen LogP contribution < -0.4 is 0 Å². The standard InChI is InChI=1S/C13H15N3O2S/c1-13-6-10(13)8-15(9-13)19(17,18)12-7-14-11-4-2-3-5-16(11)12/h2-5,7,10H,6,8-9H2,1H3. The van der Waals surface area contributed by atoms with E-state index in [4.69, 9.17) is 0 Å². The summed E-state index contributed by atoms with van der Waals surface area (Å²) < 4.78 is 28.6. The Balaban J connectivity index is 1.79. The summed E-state index contributed by atoms with van der Waals surface area (Å²) in [4.78, 5) is 4.16. The highest BCUT2D eigenvalue weighted by atomic mass is 32.2. The molecule has 1 aliphatic heterocycles. The maximum atomic E-state index is 12.7. The quantitative estimate of drug-likeness (QED) is 0.833. The van der Waals surface area contributed by atoms with E-state index in [1.165, 1.54) is 6.20 Å². The van der Waals surface area contributed by atoms with Gasteiger partial charge in [0.15, 0.2) is 5.03 Å². The first-order valence-electron chi connectivity index (χ1n) is 6.43. The largest absolute Gasteiger partial charge is 0.289 e. The Morgan fingerprint density at radius 3 is 3.00 bits per heavy atom. The van der Waals surface area contributed by atoms with Crippen LogP contribution >= 0.6 is 0 Å². The van der Waals surface area contributed by atoms with Gasteiger partial charge in [0.25, 0.3) is 10.0 Å². The number of fused-ring (bicyclic) bond motifs is 2. The number of nitrogens with zero attached hydrogens (tertiary/aromatic N) is 3. The molecule has 2 aliphatic rings. The summed E-state index contributed by atoms with van der Waals surface area (Å²) in [5.41, 5.74) is 0.879. The highest BCUT2D eigenvalue weighted by Crippen LogP contribution is 2.58. The number of aromatic nitrogens is 2. The summed E-state index contributed by atoms with van der Waals surface area (Å²) in [5.74, 6) is 0.543. The number of pyridine rings is 1. The van der Waals surface area contributed by atoms with E-state index in [2.05, 4.69) is 11.9 Å². The van der Waals surface area contributed by atoms with E-state index in [1.54, 1.807) is 14.9 Å². The number of hydrogen-bond donors (Lipinski definition) is 0. The second-order valence-corrected chi connectivity index (χ2v) is 7.76. The lowest BCUT2D eigenvalue weighted by atomic mass is 10.1. The second-order valence-electron chi connectivity index (χ2n) is 5.88. The van der Waals surface area contributed by atoms with Crippen LogP contribution in [0.3, 0.4) is 0 Å². The zero-order valence-electron chi connectivity index (χ0n) is 10.7. The minimum absolute atomic E-state index is 0.216. The van der Waals surface area contributed by atoms with Crippen molar-refractivity contribution in [3.63, 3.8) is 0 Å². The number of rotatable bonds is 2. The Morgan fingerprint density at radius 1 is 1.42 bits per heavy atom. The van der Waals surface area contributed by atoms with Gasteiger partial charge in [0.2, 0.25) is 0 Å². The molecule has 2 aromatic heterocycles. The molecule has 0 aromatic carbocycles. The van der Waals surface area contributed by atoms with Gasteiger partial charge in [-0.1, -0.05) is 13.0 Å². The fourth-order valence-electron chi connectivity index (χ4n) is 3.11. The van der Waals surface area contributed by atoms with Crippen LogP contribution in [-0.4, -0.2) is 35.2 Å². The van der Waals surface area contributed by atoms with Gasteiger partial charge in [0.1, 0.15) is 5.65 Å². The monoisotopic (exact) mass is 277 g/mol. The van der Waals surface area contributed by atoms with Crippen LogP contribution in [0.5, 0.6) is 0 Å². The first-order chi connectivity index (χ1) is 9.01. The molecule has 1 saturated carbocycles. The summed E-state index contributed by atoms with van der Waals surface area (Å²) in [6, 6.07) is 5.48. The molecule has 0 radical (unpaired) electrons. The molecule has 100 valence electrons. The number of imidazole rings is 1. The summed E-state index contributed by atoms with van der Waals surface area (Å²) >= 11 is 0. The maximum Gasteiger partial charge on any atom is 0.260 e. The van der Waals surface area contributed by atoms with Gasteiger partial charge in [-0.2, -0.15) is 4.31 Å². The minimum atomic E-state index is -3.43. The van der Waals surface area contributed by atoms with Crippen molar-refractivity contribution in [3.8, 4) is 0 Å². The third-order valence-electron chi connectivity index (χ3n) is 4.49. The van der Waals surface area contributed by atoms with Crippen molar-refractivity contribution >= 4 is 15.7 Å². The van der Waals surface area contributed by atoms with Gasteiger partial charge in [-0.3, -0.25) is 4.40 Å². The molecule has 0 amide bonds. The third kappa shape index (κ3) is 1.50. The Kier molecular flexibility index (Phi) is 2.03. The van der Waals surface area contributed by atoms with Crippen molar-refractivity contribution in [2.75, 3.05) is 13.1 Å². The van der Waals surface area contributed by atoms with Crippen molar-refractivity contribution < 1.29 is 8.42 Å². The molecule has 2 atom stereocenters. The van der Waals surface area contributed by atoms with Gasteiger partial charge in [-0.25, -0.2) is 13.4 Å². The average Bonchev–Trinajstić information content (AvgIpc) is 2.78. The first kappa shape index (κ1) is 11.4.